The molecule has 2 heterocycles. The number of H-pyrrole nitrogens is 1. The van der Waals surface area contributed by atoms with Crippen molar-refractivity contribution in [1.29, 1.82) is 0 Å². The third kappa shape index (κ3) is 2.49. The van der Waals surface area contributed by atoms with Crippen LogP contribution < -0.4 is 5.32 Å². The molecule has 0 atom stereocenters. The van der Waals surface area contributed by atoms with Crippen molar-refractivity contribution >= 4 is 39.1 Å². The summed E-state index contributed by atoms with van der Waals surface area (Å²) in [7, 11) is 0. The van der Waals surface area contributed by atoms with E-state index in [-0.39, 0.29) is 11.6 Å². The average molecular weight is 370 g/mol. The average Bonchev–Trinajstić information content (AvgIpc) is 3.02. The minimum absolute atomic E-state index is 0.0304. The minimum atomic E-state index is -1.06. The number of carboxylic acids is 1. The zero-order valence-corrected chi connectivity index (χ0v) is 13.3. The minimum Gasteiger partial charge on any atom is -0.477 e. The molecule has 2 aromatic heterocycles. The fourth-order valence-corrected chi connectivity index (χ4v) is 3.80. The second kappa shape index (κ2) is 5.27. The van der Waals surface area contributed by atoms with Crippen molar-refractivity contribution in [1.82, 2.24) is 15.3 Å². The number of carboxylic acid groups (broad SMARTS) is 1. The number of hydrogen-bond donors (Lipinski definition) is 3. The molecule has 0 bridgehead atoms. The number of aromatic amines is 1. The maximum atomic E-state index is 12.4. The highest BCUT2D eigenvalue weighted by Gasteiger charge is 2.43. The number of aromatic carboxylic acids is 1. The molecule has 0 aromatic carbocycles. The Labute approximate surface area is 132 Å². The van der Waals surface area contributed by atoms with E-state index in [1.807, 2.05) is 11.4 Å². The summed E-state index contributed by atoms with van der Waals surface area (Å²) in [4.78, 5) is 30.8. The molecule has 0 radical (unpaired) electrons. The Balaban J connectivity index is 1.85. The Morgan fingerprint density at radius 2 is 2.24 bits per heavy atom. The van der Waals surface area contributed by atoms with Gasteiger partial charge in [-0.05, 0) is 46.6 Å². The number of rotatable bonds is 4. The topological polar surface area (TPSA) is 95.1 Å². The van der Waals surface area contributed by atoms with Gasteiger partial charge in [0.1, 0.15) is 16.4 Å². The molecule has 0 unspecified atom stereocenters. The lowest BCUT2D eigenvalue weighted by atomic mass is 9.76. The summed E-state index contributed by atoms with van der Waals surface area (Å²) in [6, 6.07) is 1.82. The van der Waals surface area contributed by atoms with E-state index < -0.39 is 11.5 Å². The zero-order chi connectivity index (χ0) is 15.0. The number of thiophene rings is 1. The van der Waals surface area contributed by atoms with Gasteiger partial charge in [0.15, 0.2) is 0 Å². The molecule has 110 valence electrons. The van der Waals surface area contributed by atoms with Crippen LogP contribution in [-0.4, -0.2) is 27.0 Å². The van der Waals surface area contributed by atoms with Crippen molar-refractivity contribution in [2.75, 3.05) is 0 Å². The van der Waals surface area contributed by atoms with Crippen LogP contribution in [-0.2, 0) is 5.54 Å². The Morgan fingerprint density at radius 3 is 2.71 bits per heavy atom. The van der Waals surface area contributed by atoms with Crippen molar-refractivity contribution in [3.8, 4) is 0 Å². The van der Waals surface area contributed by atoms with Gasteiger partial charge in [0.2, 0.25) is 0 Å². The number of carbonyl (C=O) groups excluding carboxylic acids is 1. The van der Waals surface area contributed by atoms with E-state index in [2.05, 4.69) is 31.2 Å². The number of aromatic nitrogens is 2. The molecule has 0 spiro atoms. The highest BCUT2D eigenvalue weighted by molar-refractivity contribution is 9.10. The van der Waals surface area contributed by atoms with Gasteiger partial charge < -0.3 is 15.4 Å². The first-order valence-corrected chi connectivity index (χ1v) is 8.03. The van der Waals surface area contributed by atoms with E-state index >= 15 is 0 Å². The van der Waals surface area contributed by atoms with Crippen LogP contribution in [0.4, 0.5) is 0 Å². The lowest BCUT2D eigenvalue weighted by Crippen LogP contribution is -2.51. The van der Waals surface area contributed by atoms with Gasteiger partial charge in [0.25, 0.3) is 5.91 Å². The Morgan fingerprint density at radius 1 is 1.48 bits per heavy atom. The lowest BCUT2D eigenvalue weighted by Gasteiger charge is -2.40. The number of imidazole rings is 1. The van der Waals surface area contributed by atoms with Gasteiger partial charge in [-0.1, -0.05) is 0 Å². The van der Waals surface area contributed by atoms with Crippen molar-refractivity contribution in [2.24, 2.45) is 0 Å². The van der Waals surface area contributed by atoms with Crippen LogP contribution in [0, 0.1) is 0 Å². The van der Waals surface area contributed by atoms with Crippen LogP contribution in [0.1, 0.15) is 45.2 Å². The molecule has 1 amide bonds. The highest BCUT2D eigenvalue weighted by Crippen LogP contribution is 2.40. The predicted molar refractivity (Wildman–Crippen MR) is 80.6 cm³/mol. The summed E-state index contributed by atoms with van der Waals surface area (Å²) in [6.45, 7) is 0. The van der Waals surface area contributed by atoms with E-state index in [9.17, 15) is 9.59 Å². The fourth-order valence-electron chi connectivity index (χ4n) is 2.35. The molecular formula is C13H12BrN3O3S. The summed E-state index contributed by atoms with van der Waals surface area (Å²) in [5.41, 5.74) is -0.559. The SMILES string of the molecule is O=C(O)c1cnc(C2(NC(=O)c3sccc3Br)CCC2)[nH]1. The standard InChI is InChI=1S/C13H12BrN3O3S/c14-7-2-5-21-9(7)10(18)17-13(3-1-4-13)12-15-6-8(16-12)11(19)20/h2,5-6H,1,3-4H2,(H,15,16)(H,17,18)(H,19,20). The number of hydrogen-bond acceptors (Lipinski definition) is 4. The first kappa shape index (κ1) is 14.3. The molecule has 1 fully saturated rings. The summed E-state index contributed by atoms with van der Waals surface area (Å²) >= 11 is 4.70. The number of halogens is 1. The summed E-state index contributed by atoms with van der Waals surface area (Å²) < 4.78 is 0.755. The first-order chi connectivity index (χ1) is 10.0. The van der Waals surface area contributed by atoms with Gasteiger partial charge in [-0.3, -0.25) is 4.79 Å². The Kier molecular flexibility index (Phi) is 3.58. The van der Waals surface area contributed by atoms with Crippen molar-refractivity contribution in [3.05, 3.63) is 38.5 Å². The van der Waals surface area contributed by atoms with Crippen molar-refractivity contribution < 1.29 is 14.7 Å². The first-order valence-electron chi connectivity index (χ1n) is 6.36. The van der Waals surface area contributed by atoms with Crippen LogP contribution in [0.15, 0.2) is 22.1 Å². The van der Waals surface area contributed by atoms with Gasteiger partial charge in [-0.15, -0.1) is 11.3 Å². The van der Waals surface area contributed by atoms with E-state index in [4.69, 9.17) is 5.11 Å². The second-order valence-corrected chi connectivity index (χ2v) is 6.71. The molecular weight excluding hydrogens is 358 g/mol. The number of amides is 1. The molecule has 0 aliphatic heterocycles. The molecule has 3 N–H and O–H groups in total. The third-order valence-electron chi connectivity index (χ3n) is 3.64. The van der Waals surface area contributed by atoms with E-state index in [1.165, 1.54) is 17.5 Å². The van der Waals surface area contributed by atoms with E-state index in [0.29, 0.717) is 10.7 Å². The molecule has 0 saturated heterocycles. The smallest absolute Gasteiger partial charge is 0.353 e. The Bertz CT molecular complexity index is 705. The third-order valence-corrected chi connectivity index (χ3v) is 5.48. The van der Waals surface area contributed by atoms with Crippen LogP contribution in [0.2, 0.25) is 0 Å². The van der Waals surface area contributed by atoms with Gasteiger partial charge in [-0.2, -0.15) is 0 Å². The molecule has 1 aliphatic rings. The van der Waals surface area contributed by atoms with Gasteiger partial charge in [0.05, 0.1) is 11.7 Å². The second-order valence-electron chi connectivity index (χ2n) is 4.94. The molecule has 6 nitrogen and oxygen atoms in total. The number of nitrogens with zero attached hydrogens (tertiary/aromatic N) is 1. The normalized spacial score (nSPS) is 16.2. The lowest BCUT2D eigenvalue weighted by molar-refractivity contribution is 0.0690. The molecule has 2 aromatic rings. The van der Waals surface area contributed by atoms with Crippen LogP contribution >= 0.6 is 27.3 Å². The van der Waals surface area contributed by atoms with Crippen LogP contribution in [0.25, 0.3) is 0 Å². The van der Waals surface area contributed by atoms with E-state index in [0.717, 1.165) is 23.7 Å². The monoisotopic (exact) mass is 369 g/mol. The number of nitrogens with one attached hydrogen (secondary N) is 2. The molecule has 3 rings (SSSR count). The van der Waals surface area contributed by atoms with Crippen molar-refractivity contribution in [3.63, 3.8) is 0 Å². The summed E-state index contributed by atoms with van der Waals surface area (Å²) in [5, 5.41) is 13.8. The predicted octanol–water partition coefficient (Wildman–Crippen LogP) is 2.74. The van der Waals surface area contributed by atoms with Gasteiger partial charge in [-0.25, -0.2) is 9.78 Å². The van der Waals surface area contributed by atoms with E-state index in [1.54, 1.807) is 0 Å². The molecule has 21 heavy (non-hydrogen) atoms. The Hall–Kier alpha value is -1.67. The maximum absolute atomic E-state index is 12.4. The van der Waals surface area contributed by atoms with Crippen molar-refractivity contribution in [2.45, 2.75) is 24.8 Å². The van der Waals surface area contributed by atoms with Crippen LogP contribution in [0.3, 0.4) is 0 Å². The molecule has 1 saturated carbocycles. The summed E-state index contributed by atoms with van der Waals surface area (Å²) in [5.74, 6) is -0.729. The summed E-state index contributed by atoms with van der Waals surface area (Å²) in [6.07, 6.45) is 3.74. The van der Waals surface area contributed by atoms with Crippen LogP contribution in [0.5, 0.6) is 0 Å². The van der Waals surface area contributed by atoms with Gasteiger partial charge in [0, 0.05) is 4.47 Å². The fraction of sp³-hybridized carbons (Fsp3) is 0.308. The zero-order valence-electron chi connectivity index (χ0n) is 10.9. The molecule has 1 aliphatic carbocycles. The molecule has 8 heteroatoms. The highest BCUT2D eigenvalue weighted by atomic mass is 79.9. The van der Waals surface area contributed by atoms with Gasteiger partial charge >= 0.3 is 5.97 Å². The largest absolute Gasteiger partial charge is 0.477 e. The number of carbonyl (C=O) groups is 2. The quantitative estimate of drug-likeness (QED) is 0.771. The maximum Gasteiger partial charge on any atom is 0.353 e.